The first-order valence-corrected chi connectivity index (χ1v) is 4.51. The molecule has 4 nitrogen and oxygen atoms in total. The zero-order valence-corrected chi connectivity index (χ0v) is 8.74. The molecule has 1 heterocycles. The molecule has 0 aliphatic heterocycles. The maximum Gasteiger partial charge on any atom is 0.141 e. The van der Waals surface area contributed by atoms with Crippen LogP contribution in [0.25, 0.3) is 0 Å². The number of nitrogens with one attached hydrogen (secondary N) is 1. The molecule has 0 aromatic carbocycles. The van der Waals surface area contributed by atoms with Crippen LogP contribution in [0.2, 0.25) is 0 Å². The van der Waals surface area contributed by atoms with Gasteiger partial charge in [-0.1, -0.05) is 19.3 Å². The van der Waals surface area contributed by atoms with Crippen molar-refractivity contribution in [2.45, 2.75) is 20.3 Å². The van der Waals surface area contributed by atoms with Crippen LogP contribution in [0.1, 0.15) is 19.5 Å². The van der Waals surface area contributed by atoms with Gasteiger partial charge in [-0.25, -0.2) is 0 Å². The largest absolute Gasteiger partial charge is 0.372 e. The number of nitrogens with zero attached hydrogens (tertiary/aromatic N) is 2. The molecule has 0 bridgehead atoms. The Bertz CT molecular complexity index is 291. The first-order chi connectivity index (χ1) is 6.77. The summed E-state index contributed by atoms with van der Waals surface area (Å²) in [6, 6.07) is 1.63. The molecule has 0 saturated heterocycles. The summed E-state index contributed by atoms with van der Waals surface area (Å²) in [4.78, 5) is 10.1. The Labute approximate surface area is 85.5 Å². The van der Waals surface area contributed by atoms with Crippen molar-refractivity contribution in [1.29, 1.82) is 0 Å². The predicted octanol–water partition coefficient (Wildman–Crippen LogP) is 0.0797. The Morgan fingerprint density at radius 2 is 2.14 bits per heavy atom. The van der Waals surface area contributed by atoms with E-state index < -0.39 is 0 Å². The van der Waals surface area contributed by atoms with E-state index in [0.29, 0.717) is 17.0 Å². The van der Waals surface area contributed by atoms with E-state index >= 15 is 0 Å². The second kappa shape index (κ2) is 7.06. The zero-order valence-electron chi connectivity index (χ0n) is 8.74. The summed E-state index contributed by atoms with van der Waals surface area (Å²) in [6.07, 6.45) is 1.02. The number of anilines is 1. The second-order valence-electron chi connectivity index (χ2n) is 2.26. The van der Waals surface area contributed by atoms with Gasteiger partial charge in [-0.15, -0.1) is 5.10 Å². The van der Waals surface area contributed by atoms with Crippen LogP contribution in [-0.4, -0.2) is 31.4 Å². The van der Waals surface area contributed by atoms with Gasteiger partial charge in [0.05, 0.1) is 5.69 Å². The standard InChI is InChI=1S/C7H8BN3O.C2H6/c1-9-7-6(8)4-5(2-3-12)10-11-7;1-2/h3-4H,2H2,1H3,(H,9,11);1-2H3. The number of hydrogen-bond acceptors (Lipinski definition) is 4. The van der Waals surface area contributed by atoms with Crippen molar-refractivity contribution >= 4 is 25.4 Å². The monoisotopic (exact) mass is 191 g/mol. The van der Waals surface area contributed by atoms with Gasteiger partial charge in [0.25, 0.3) is 0 Å². The molecule has 14 heavy (non-hydrogen) atoms. The lowest BCUT2D eigenvalue weighted by Gasteiger charge is -2.03. The van der Waals surface area contributed by atoms with Gasteiger partial charge in [0, 0.05) is 13.5 Å². The molecule has 2 radical (unpaired) electrons. The number of rotatable bonds is 3. The maximum absolute atomic E-state index is 10.1. The first kappa shape index (κ1) is 12.6. The molecular formula is C9H14BN3O. The van der Waals surface area contributed by atoms with E-state index in [1.807, 2.05) is 13.8 Å². The molecule has 0 fully saturated rings. The summed E-state index contributed by atoms with van der Waals surface area (Å²) in [5.41, 5.74) is 1.09. The van der Waals surface area contributed by atoms with Gasteiger partial charge in [-0.3, -0.25) is 0 Å². The Kier molecular flexibility index (Phi) is 6.36. The molecule has 74 valence electrons. The van der Waals surface area contributed by atoms with Crippen molar-refractivity contribution in [3.63, 3.8) is 0 Å². The first-order valence-electron chi connectivity index (χ1n) is 4.51. The third-order valence-corrected chi connectivity index (χ3v) is 1.40. The lowest BCUT2D eigenvalue weighted by atomic mass is 9.96. The van der Waals surface area contributed by atoms with Crippen molar-refractivity contribution in [3.8, 4) is 0 Å². The third kappa shape index (κ3) is 3.55. The van der Waals surface area contributed by atoms with E-state index in [1.54, 1.807) is 13.1 Å². The van der Waals surface area contributed by atoms with Gasteiger partial charge in [0.1, 0.15) is 20.0 Å². The zero-order chi connectivity index (χ0) is 11.0. The van der Waals surface area contributed by atoms with Crippen molar-refractivity contribution in [2.75, 3.05) is 12.4 Å². The van der Waals surface area contributed by atoms with Gasteiger partial charge in [-0.2, -0.15) is 5.10 Å². The molecule has 0 amide bonds. The van der Waals surface area contributed by atoms with E-state index in [9.17, 15) is 4.79 Å². The van der Waals surface area contributed by atoms with Gasteiger partial charge in [0.15, 0.2) is 0 Å². The highest BCUT2D eigenvalue weighted by atomic mass is 16.1. The summed E-state index contributed by atoms with van der Waals surface area (Å²) in [7, 11) is 7.29. The van der Waals surface area contributed by atoms with Crippen LogP contribution < -0.4 is 10.8 Å². The molecule has 0 unspecified atom stereocenters. The average Bonchev–Trinajstić information content (AvgIpc) is 2.22. The van der Waals surface area contributed by atoms with Crippen LogP contribution in [0.3, 0.4) is 0 Å². The summed E-state index contributed by atoms with van der Waals surface area (Å²) in [5.74, 6) is 0.532. The lowest BCUT2D eigenvalue weighted by Crippen LogP contribution is -2.15. The molecule has 0 saturated carbocycles. The number of aromatic nitrogens is 2. The second-order valence-corrected chi connectivity index (χ2v) is 2.26. The summed E-state index contributed by atoms with van der Waals surface area (Å²) < 4.78 is 0. The van der Waals surface area contributed by atoms with Gasteiger partial charge >= 0.3 is 0 Å². The fourth-order valence-corrected chi connectivity index (χ4v) is 0.828. The molecule has 5 heteroatoms. The topological polar surface area (TPSA) is 54.9 Å². The minimum absolute atomic E-state index is 0.251. The quantitative estimate of drug-likeness (QED) is 0.543. The van der Waals surface area contributed by atoms with E-state index in [0.717, 1.165) is 6.29 Å². The predicted molar refractivity (Wildman–Crippen MR) is 58.1 cm³/mol. The molecule has 0 aliphatic carbocycles. The molecule has 0 atom stereocenters. The molecule has 1 aromatic rings. The van der Waals surface area contributed by atoms with Crippen LogP contribution in [0.4, 0.5) is 5.82 Å². The number of aldehydes is 1. The Morgan fingerprint density at radius 3 is 2.57 bits per heavy atom. The highest BCUT2D eigenvalue weighted by molar-refractivity contribution is 6.35. The van der Waals surface area contributed by atoms with Crippen LogP contribution in [-0.2, 0) is 11.2 Å². The van der Waals surface area contributed by atoms with Crippen molar-refractivity contribution in [3.05, 3.63) is 11.8 Å². The fraction of sp³-hybridized carbons (Fsp3) is 0.444. The number of carbonyl (C=O) groups excluding carboxylic acids is 1. The summed E-state index contributed by atoms with van der Waals surface area (Å²) in [5, 5.41) is 10.3. The van der Waals surface area contributed by atoms with E-state index in [4.69, 9.17) is 7.85 Å². The lowest BCUT2D eigenvalue weighted by molar-refractivity contribution is -0.107. The molecular weight excluding hydrogens is 177 g/mol. The summed E-state index contributed by atoms with van der Waals surface area (Å²) >= 11 is 0. The Morgan fingerprint density at radius 1 is 1.50 bits per heavy atom. The van der Waals surface area contributed by atoms with Gasteiger partial charge in [-0.05, 0) is 6.07 Å². The van der Waals surface area contributed by atoms with Crippen molar-refractivity contribution in [1.82, 2.24) is 10.2 Å². The minimum Gasteiger partial charge on any atom is -0.372 e. The highest BCUT2D eigenvalue weighted by Gasteiger charge is 1.99. The SMILES string of the molecule is CC.[B]c1cc(CC=O)nnc1NC. The Balaban J connectivity index is 0.000000791. The van der Waals surface area contributed by atoms with E-state index in [-0.39, 0.29) is 6.42 Å². The number of hydrogen-bond donors (Lipinski definition) is 1. The maximum atomic E-state index is 10.1. The average molecular weight is 191 g/mol. The van der Waals surface area contributed by atoms with Crippen LogP contribution >= 0.6 is 0 Å². The Hall–Kier alpha value is -1.39. The van der Waals surface area contributed by atoms with Gasteiger partial charge < -0.3 is 10.1 Å². The normalized spacial score (nSPS) is 8.50. The van der Waals surface area contributed by atoms with Crippen LogP contribution in [0.15, 0.2) is 6.07 Å². The van der Waals surface area contributed by atoms with E-state index in [1.165, 1.54) is 0 Å². The fourth-order valence-electron chi connectivity index (χ4n) is 0.828. The molecule has 1 aromatic heterocycles. The highest BCUT2D eigenvalue weighted by Crippen LogP contribution is 1.95. The number of carbonyl (C=O) groups is 1. The molecule has 0 aliphatic rings. The molecule has 1 N–H and O–H groups in total. The van der Waals surface area contributed by atoms with Gasteiger partial charge in [0.2, 0.25) is 0 Å². The summed E-state index contributed by atoms with van der Waals surface area (Å²) in [6.45, 7) is 4.00. The third-order valence-electron chi connectivity index (χ3n) is 1.40. The van der Waals surface area contributed by atoms with Crippen molar-refractivity contribution < 1.29 is 4.79 Å². The molecule has 0 spiro atoms. The molecule has 1 rings (SSSR count). The van der Waals surface area contributed by atoms with Crippen LogP contribution in [0.5, 0.6) is 0 Å². The van der Waals surface area contributed by atoms with E-state index in [2.05, 4.69) is 15.5 Å². The minimum atomic E-state index is 0.251. The smallest absolute Gasteiger partial charge is 0.141 e. The van der Waals surface area contributed by atoms with Crippen molar-refractivity contribution in [2.24, 2.45) is 0 Å². The van der Waals surface area contributed by atoms with Crippen LogP contribution in [0, 0.1) is 0 Å².